The van der Waals surface area contributed by atoms with Crippen molar-refractivity contribution in [3.8, 4) is 17.2 Å². The lowest BCUT2D eigenvalue weighted by Crippen LogP contribution is -2.01. The number of nitriles is 1. The smallest absolute Gasteiger partial charge is 0.107 e. The van der Waals surface area contributed by atoms with Crippen molar-refractivity contribution in [2.24, 2.45) is 0 Å². The van der Waals surface area contributed by atoms with Crippen LogP contribution in [0.3, 0.4) is 0 Å². The minimum absolute atomic E-state index is 0.576. The summed E-state index contributed by atoms with van der Waals surface area (Å²) in [6, 6.07) is 25.4. The molecule has 25 heavy (non-hydrogen) atoms. The third kappa shape index (κ3) is 2.69. The Hall–Kier alpha value is -3.35. The van der Waals surface area contributed by atoms with Crippen molar-refractivity contribution in [1.82, 2.24) is 4.40 Å². The largest absolute Gasteiger partial charge is 0.384 e. The van der Waals surface area contributed by atoms with Gasteiger partial charge in [0.1, 0.15) is 6.10 Å². The van der Waals surface area contributed by atoms with E-state index in [0.717, 1.165) is 27.8 Å². The zero-order valence-corrected chi connectivity index (χ0v) is 13.5. The normalized spacial score (nSPS) is 12.0. The molecule has 4 rings (SSSR count). The second-order valence-electron chi connectivity index (χ2n) is 5.96. The topological polar surface area (TPSA) is 48.4 Å². The third-order valence-electron chi connectivity index (χ3n) is 4.42. The highest BCUT2D eigenvalue weighted by Gasteiger charge is 2.21. The Morgan fingerprint density at radius 3 is 2.28 bits per heavy atom. The van der Waals surface area contributed by atoms with Crippen LogP contribution in [0.15, 0.2) is 85.2 Å². The molecule has 4 aromatic rings. The van der Waals surface area contributed by atoms with Gasteiger partial charge in [-0.2, -0.15) is 5.26 Å². The number of aromatic nitrogens is 1. The monoisotopic (exact) mass is 324 g/mol. The van der Waals surface area contributed by atoms with Gasteiger partial charge in [0, 0.05) is 23.5 Å². The van der Waals surface area contributed by atoms with Crippen LogP contribution in [0.25, 0.3) is 16.6 Å². The van der Waals surface area contributed by atoms with E-state index >= 15 is 0 Å². The lowest BCUT2D eigenvalue weighted by atomic mass is 9.95. The van der Waals surface area contributed by atoms with Gasteiger partial charge in [-0.05, 0) is 23.3 Å². The van der Waals surface area contributed by atoms with Crippen LogP contribution in [0.4, 0.5) is 0 Å². The van der Waals surface area contributed by atoms with Gasteiger partial charge in [-0.15, -0.1) is 0 Å². The van der Waals surface area contributed by atoms with Crippen LogP contribution in [0, 0.1) is 11.3 Å². The number of rotatable bonds is 3. The van der Waals surface area contributed by atoms with Gasteiger partial charge in [0.15, 0.2) is 0 Å². The summed E-state index contributed by atoms with van der Waals surface area (Å²) in [7, 11) is 0. The Bertz CT molecular complexity index is 1060. The lowest BCUT2D eigenvalue weighted by molar-refractivity contribution is 0.222. The molecule has 1 atom stereocenters. The van der Waals surface area contributed by atoms with Crippen molar-refractivity contribution in [2.45, 2.75) is 6.10 Å². The van der Waals surface area contributed by atoms with Crippen LogP contribution in [0.2, 0.25) is 0 Å². The third-order valence-corrected chi connectivity index (χ3v) is 4.42. The van der Waals surface area contributed by atoms with E-state index in [0.29, 0.717) is 5.56 Å². The minimum atomic E-state index is -0.768. The zero-order valence-electron chi connectivity index (χ0n) is 13.5. The highest BCUT2D eigenvalue weighted by atomic mass is 16.3. The van der Waals surface area contributed by atoms with E-state index in [1.54, 1.807) is 6.07 Å². The van der Waals surface area contributed by atoms with Gasteiger partial charge in [-0.1, -0.05) is 60.7 Å². The van der Waals surface area contributed by atoms with E-state index in [4.69, 9.17) is 0 Å². The molecule has 0 bridgehead atoms. The molecule has 0 spiro atoms. The van der Waals surface area contributed by atoms with Crippen LogP contribution in [0.5, 0.6) is 0 Å². The number of benzene rings is 2. The summed E-state index contributed by atoms with van der Waals surface area (Å²) < 4.78 is 1.96. The summed E-state index contributed by atoms with van der Waals surface area (Å²) in [5, 5.41) is 20.3. The lowest BCUT2D eigenvalue weighted by Gasteiger charge is -2.13. The molecule has 1 unspecified atom stereocenters. The SMILES string of the molecule is N#Cc1ccn2cc(-c3ccccc3)c(C(O)c3ccccc3)c2c1. The molecule has 0 aliphatic carbocycles. The maximum absolute atomic E-state index is 11.1. The highest BCUT2D eigenvalue weighted by Crippen LogP contribution is 2.36. The molecule has 1 N–H and O–H groups in total. The first-order chi connectivity index (χ1) is 12.3. The van der Waals surface area contributed by atoms with Gasteiger partial charge in [-0.25, -0.2) is 0 Å². The molecule has 0 amide bonds. The van der Waals surface area contributed by atoms with Crippen LogP contribution in [0.1, 0.15) is 22.8 Å². The molecule has 2 heterocycles. The van der Waals surface area contributed by atoms with Crippen molar-refractivity contribution in [1.29, 1.82) is 5.26 Å². The van der Waals surface area contributed by atoms with E-state index in [1.807, 2.05) is 83.5 Å². The molecule has 0 saturated heterocycles. The van der Waals surface area contributed by atoms with E-state index < -0.39 is 6.10 Å². The van der Waals surface area contributed by atoms with Crippen LogP contribution < -0.4 is 0 Å². The van der Waals surface area contributed by atoms with Crippen molar-refractivity contribution in [3.05, 3.63) is 102 Å². The van der Waals surface area contributed by atoms with Gasteiger partial charge in [0.05, 0.1) is 17.1 Å². The predicted molar refractivity (Wildman–Crippen MR) is 98.1 cm³/mol. The summed E-state index contributed by atoms with van der Waals surface area (Å²) >= 11 is 0. The van der Waals surface area contributed by atoms with Crippen LogP contribution >= 0.6 is 0 Å². The Balaban J connectivity index is 2.00. The molecule has 120 valence electrons. The maximum Gasteiger partial charge on any atom is 0.107 e. The maximum atomic E-state index is 11.1. The number of pyridine rings is 1. The fraction of sp³-hybridized carbons (Fsp3) is 0.0455. The quantitative estimate of drug-likeness (QED) is 0.600. The molecule has 0 radical (unpaired) electrons. The Morgan fingerprint density at radius 2 is 1.60 bits per heavy atom. The number of nitrogens with zero attached hydrogens (tertiary/aromatic N) is 2. The van der Waals surface area contributed by atoms with Gasteiger partial charge in [0.25, 0.3) is 0 Å². The minimum Gasteiger partial charge on any atom is -0.384 e. The standard InChI is InChI=1S/C22H16N2O/c23-14-16-11-12-24-15-19(17-7-3-1-4-8-17)21(20(24)13-16)22(25)18-9-5-2-6-10-18/h1-13,15,22,25H. The Labute approximate surface area is 146 Å². The van der Waals surface area contributed by atoms with Crippen molar-refractivity contribution in [2.75, 3.05) is 0 Å². The molecule has 2 aromatic carbocycles. The fourth-order valence-corrected chi connectivity index (χ4v) is 3.19. The number of aliphatic hydroxyl groups is 1. The van der Waals surface area contributed by atoms with Gasteiger partial charge in [-0.3, -0.25) is 0 Å². The second kappa shape index (κ2) is 6.27. The first-order valence-electron chi connectivity index (χ1n) is 8.11. The zero-order chi connectivity index (χ0) is 17.2. The molecular formula is C22H16N2O. The Morgan fingerprint density at radius 1 is 0.920 bits per heavy atom. The molecule has 0 fully saturated rings. The van der Waals surface area contributed by atoms with Crippen LogP contribution in [-0.4, -0.2) is 9.51 Å². The van der Waals surface area contributed by atoms with E-state index in [2.05, 4.69) is 6.07 Å². The highest BCUT2D eigenvalue weighted by molar-refractivity contribution is 5.78. The van der Waals surface area contributed by atoms with Gasteiger partial charge in [0.2, 0.25) is 0 Å². The average molecular weight is 324 g/mol. The summed E-state index contributed by atoms with van der Waals surface area (Å²) in [6.07, 6.45) is 3.10. The Kier molecular flexibility index (Phi) is 3.81. The molecule has 2 aromatic heterocycles. The number of hydrogen-bond acceptors (Lipinski definition) is 2. The summed E-state index contributed by atoms with van der Waals surface area (Å²) in [6.45, 7) is 0. The number of aliphatic hydroxyl groups excluding tert-OH is 1. The van der Waals surface area contributed by atoms with Gasteiger partial charge >= 0.3 is 0 Å². The summed E-state index contributed by atoms with van der Waals surface area (Å²) in [5.74, 6) is 0. The molecule has 0 saturated carbocycles. The van der Waals surface area contributed by atoms with Crippen molar-refractivity contribution < 1.29 is 5.11 Å². The molecule has 0 aliphatic rings. The van der Waals surface area contributed by atoms with Crippen molar-refractivity contribution in [3.63, 3.8) is 0 Å². The molecular weight excluding hydrogens is 308 g/mol. The summed E-state index contributed by atoms with van der Waals surface area (Å²) in [4.78, 5) is 0. The number of fused-ring (bicyclic) bond motifs is 1. The molecule has 3 nitrogen and oxygen atoms in total. The van der Waals surface area contributed by atoms with E-state index in [1.165, 1.54) is 0 Å². The number of hydrogen-bond donors (Lipinski definition) is 1. The fourth-order valence-electron chi connectivity index (χ4n) is 3.19. The first-order valence-corrected chi connectivity index (χ1v) is 8.11. The predicted octanol–water partition coefficient (Wildman–Crippen LogP) is 4.56. The van der Waals surface area contributed by atoms with Crippen molar-refractivity contribution >= 4 is 5.52 Å². The van der Waals surface area contributed by atoms with Crippen LogP contribution in [-0.2, 0) is 0 Å². The van der Waals surface area contributed by atoms with E-state index in [9.17, 15) is 10.4 Å². The average Bonchev–Trinajstić information content (AvgIpc) is 3.07. The molecule has 3 heteroatoms. The summed E-state index contributed by atoms with van der Waals surface area (Å²) in [5.41, 5.74) is 5.06. The first kappa shape index (κ1) is 15.2. The van der Waals surface area contributed by atoms with Gasteiger partial charge < -0.3 is 9.51 Å². The second-order valence-corrected chi connectivity index (χ2v) is 5.96. The van der Waals surface area contributed by atoms with E-state index in [-0.39, 0.29) is 0 Å². The molecule has 0 aliphatic heterocycles.